The van der Waals surface area contributed by atoms with Crippen LogP contribution in [-0.4, -0.2) is 58.3 Å². The van der Waals surface area contributed by atoms with Gasteiger partial charge in [0.1, 0.15) is 11.5 Å². The van der Waals surface area contributed by atoms with Crippen molar-refractivity contribution in [3.8, 4) is 0 Å². The Kier molecular flexibility index (Phi) is 7.66. The maximum atomic E-state index is 13.5. The van der Waals surface area contributed by atoms with Crippen molar-refractivity contribution in [1.29, 1.82) is 0 Å². The highest BCUT2D eigenvalue weighted by molar-refractivity contribution is 6.34. The van der Waals surface area contributed by atoms with E-state index in [-0.39, 0.29) is 28.0 Å². The van der Waals surface area contributed by atoms with Crippen LogP contribution in [-0.2, 0) is 0 Å². The van der Waals surface area contributed by atoms with E-state index in [1.807, 2.05) is 0 Å². The summed E-state index contributed by atoms with van der Waals surface area (Å²) in [5.41, 5.74) is 6.48. The molecule has 0 spiro atoms. The van der Waals surface area contributed by atoms with Crippen LogP contribution < -0.4 is 16.0 Å². The van der Waals surface area contributed by atoms with E-state index in [1.165, 1.54) is 12.4 Å². The zero-order valence-corrected chi connectivity index (χ0v) is 20.4. The van der Waals surface area contributed by atoms with Gasteiger partial charge in [0.05, 0.1) is 16.9 Å². The summed E-state index contributed by atoms with van der Waals surface area (Å²) in [6.07, 6.45) is 3.23. The van der Waals surface area contributed by atoms with Gasteiger partial charge in [0.15, 0.2) is 5.69 Å². The number of hydrogen-bond donors (Lipinski definition) is 3. The Morgan fingerprint density at radius 1 is 1.25 bits per heavy atom. The Bertz CT molecular complexity index is 1280. The summed E-state index contributed by atoms with van der Waals surface area (Å²) in [6, 6.07) is 10.4. The molecule has 9 nitrogen and oxygen atoms in total. The Hall–Kier alpha value is -3.76. The van der Waals surface area contributed by atoms with Gasteiger partial charge in [-0.2, -0.15) is 0 Å². The predicted molar refractivity (Wildman–Crippen MR) is 135 cm³/mol. The van der Waals surface area contributed by atoms with Crippen molar-refractivity contribution >= 4 is 40.7 Å². The number of nitrogens with one attached hydrogen (secondary N) is 2. The molecule has 11 heteroatoms. The minimum absolute atomic E-state index is 0.00203. The number of carbonyl (C=O) groups excluding carboxylic acids is 3. The van der Waals surface area contributed by atoms with Crippen LogP contribution in [0.2, 0.25) is 5.02 Å². The summed E-state index contributed by atoms with van der Waals surface area (Å²) in [7, 11) is 0. The van der Waals surface area contributed by atoms with E-state index < -0.39 is 23.5 Å². The molecular formula is C25H26ClFN6O3. The molecule has 1 atom stereocenters. The molecule has 4 rings (SSSR count). The lowest BCUT2D eigenvalue weighted by Crippen LogP contribution is -2.43. The lowest BCUT2D eigenvalue weighted by Gasteiger charge is -2.30. The minimum atomic E-state index is -0.774. The second kappa shape index (κ2) is 10.9. The van der Waals surface area contributed by atoms with E-state index in [1.54, 1.807) is 29.2 Å². The largest absolute Gasteiger partial charge is 0.364 e. The van der Waals surface area contributed by atoms with Crippen LogP contribution in [0.15, 0.2) is 48.8 Å². The molecule has 0 saturated carbocycles. The number of nitrogens with two attached hydrogens (primary N) is 1. The first-order chi connectivity index (χ1) is 17.3. The van der Waals surface area contributed by atoms with Crippen LogP contribution in [0.3, 0.4) is 0 Å². The van der Waals surface area contributed by atoms with Gasteiger partial charge < -0.3 is 20.9 Å². The Morgan fingerprint density at radius 3 is 2.67 bits per heavy atom. The SMILES string of the molecule is CCN1CCC[C@H]1CN(C(=O)c1nc[nH]c1C(N)=O)c1ccc(NC(=O)c2ccc(F)cc2Cl)cc1. The molecule has 1 aliphatic heterocycles. The normalized spacial score (nSPS) is 15.6. The zero-order chi connectivity index (χ0) is 25.8. The molecule has 3 amide bonds. The van der Waals surface area contributed by atoms with Crippen molar-refractivity contribution in [2.75, 3.05) is 29.9 Å². The second-order valence-electron chi connectivity index (χ2n) is 8.46. The van der Waals surface area contributed by atoms with E-state index in [0.717, 1.165) is 38.1 Å². The van der Waals surface area contributed by atoms with Gasteiger partial charge >= 0.3 is 0 Å². The first-order valence-electron chi connectivity index (χ1n) is 11.5. The summed E-state index contributed by atoms with van der Waals surface area (Å²) in [6.45, 7) is 4.29. The molecule has 1 aliphatic rings. The van der Waals surface area contributed by atoms with Crippen LogP contribution in [0, 0.1) is 5.82 Å². The Balaban J connectivity index is 1.59. The molecule has 0 bridgehead atoms. The molecule has 0 aliphatic carbocycles. The summed E-state index contributed by atoms with van der Waals surface area (Å²) < 4.78 is 13.3. The van der Waals surface area contributed by atoms with Crippen LogP contribution in [0.25, 0.3) is 0 Å². The molecular weight excluding hydrogens is 487 g/mol. The highest BCUT2D eigenvalue weighted by Crippen LogP contribution is 2.26. The number of aromatic nitrogens is 2. The van der Waals surface area contributed by atoms with Gasteiger partial charge in [-0.3, -0.25) is 19.3 Å². The highest BCUT2D eigenvalue weighted by Gasteiger charge is 2.31. The number of carbonyl (C=O) groups is 3. The number of aromatic amines is 1. The number of imidazole rings is 1. The lowest BCUT2D eigenvalue weighted by atomic mass is 10.1. The average molecular weight is 513 g/mol. The average Bonchev–Trinajstić information content (AvgIpc) is 3.52. The number of halogens is 2. The number of anilines is 2. The summed E-state index contributed by atoms with van der Waals surface area (Å²) >= 11 is 5.99. The molecule has 2 heterocycles. The third-order valence-electron chi connectivity index (χ3n) is 6.24. The van der Waals surface area contributed by atoms with Gasteiger partial charge in [-0.25, -0.2) is 9.37 Å². The molecule has 3 aromatic rings. The maximum Gasteiger partial charge on any atom is 0.279 e. The van der Waals surface area contributed by atoms with Gasteiger partial charge in [0, 0.05) is 24.0 Å². The van der Waals surface area contributed by atoms with Crippen molar-refractivity contribution in [3.05, 3.63) is 76.6 Å². The topological polar surface area (TPSA) is 124 Å². The number of likely N-dealkylation sites (tertiary alicyclic amines) is 1. The summed E-state index contributed by atoms with van der Waals surface area (Å²) in [5.74, 6) is -2.26. The second-order valence-corrected chi connectivity index (χ2v) is 8.86. The van der Waals surface area contributed by atoms with Crippen LogP contribution in [0.4, 0.5) is 15.8 Å². The van der Waals surface area contributed by atoms with Crippen molar-refractivity contribution in [3.63, 3.8) is 0 Å². The molecule has 1 fully saturated rings. The molecule has 2 aromatic carbocycles. The van der Waals surface area contributed by atoms with Gasteiger partial charge in [-0.1, -0.05) is 18.5 Å². The number of primary amides is 1. The lowest BCUT2D eigenvalue weighted by molar-refractivity contribution is 0.0950. The number of benzene rings is 2. The number of rotatable bonds is 8. The predicted octanol–water partition coefficient (Wildman–Crippen LogP) is 3.68. The number of hydrogen-bond acceptors (Lipinski definition) is 5. The Labute approximate surface area is 212 Å². The molecule has 0 unspecified atom stereocenters. The zero-order valence-electron chi connectivity index (χ0n) is 19.6. The van der Waals surface area contributed by atoms with E-state index in [9.17, 15) is 18.8 Å². The van der Waals surface area contributed by atoms with Crippen molar-refractivity contribution in [2.24, 2.45) is 5.73 Å². The monoisotopic (exact) mass is 512 g/mol. The van der Waals surface area contributed by atoms with Gasteiger partial charge in [-0.15, -0.1) is 0 Å². The van der Waals surface area contributed by atoms with Crippen molar-refractivity contribution in [1.82, 2.24) is 14.9 Å². The van der Waals surface area contributed by atoms with Gasteiger partial charge in [0.25, 0.3) is 17.7 Å². The molecule has 4 N–H and O–H groups in total. The first-order valence-corrected chi connectivity index (χ1v) is 11.9. The van der Waals surface area contributed by atoms with Crippen LogP contribution in [0.1, 0.15) is 51.1 Å². The number of amides is 3. The third-order valence-corrected chi connectivity index (χ3v) is 6.56. The van der Waals surface area contributed by atoms with Gasteiger partial charge in [-0.05, 0) is 68.4 Å². The number of H-pyrrole nitrogens is 1. The Morgan fingerprint density at radius 2 is 2.00 bits per heavy atom. The van der Waals surface area contributed by atoms with E-state index in [0.29, 0.717) is 17.9 Å². The quantitative estimate of drug-likeness (QED) is 0.424. The summed E-state index contributed by atoms with van der Waals surface area (Å²) in [4.78, 5) is 48.5. The fourth-order valence-corrected chi connectivity index (χ4v) is 4.66. The van der Waals surface area contributed by atoms with E-state index in [4.69, 9.17) is 17.3 Å². The van der Waals surface area contributed by atoms with Crippen LogP contribution in [0.5, 0.6) is 0 Å². The number of nitrogens with zero attached hydrogens (tertiary/aromatic N) is 3. The molecule has 1 aromatic heterocycles. The fourth-order valence-electron chi connectivity index (χ4n) is 4.40. The van der Waals surface area contributed by atoms with Gasteiger partial charge in [0.2, 0.25) is 0 Å². The smallest absolute Gasteiger partial charge is 0.279 e. The third kappa shape index (κ3) is 5.39. The molecule has 36 heavy (non-hydrogen) atoms. The summed E-state index contributed by atoms with van der Waals surface area (Å²) in [5, 5.41) is 2.72. The minimum Gasteiger partial charge on any atom is -0.364 e. The fraction of sp³-hybridized carbons (Fsp3) is 0.280. The molecule has 0 radical (unpaired) electrons. The molecule has 1 saturated heterocycles. The highest BCUT2D eigenvalue weighted by atomic mass is 35.5. The standard InChI is InChI=1S/C25H26ClFN6O3/c1-2-32-11-3-4-18(32)13-33(25(36)22-21(23(28)34)29-14-30-22)17-8-6-16(7-9-17)31-24(35)19-10-5-15(27)12-20(19)26/h5-10,12,14,18H,2-4,11,13H2,1H3,(H2,28,34)(H,29,30)(H,31,35)/t18-/m0/s1. The van der Waals surface area contributed by atoms with Crippen molar-refractivity contribution in [2.45, 2.75) is 25.8 Å². The maximum absolute atomic E-state index is 13.5. The van der Waals surface area contributed by atoms with E-state index >= 15 is 0 Å². The first kappa shape index (κ1) is 25.3. The van der Waals surface area contributed by atoms with E-state index in [2.05, 4.69) is 27.1 Å². The van der Waals surface area contributed by atoms with Crippen LogP contribution >= 0.6 is 11.6 Å². The molecule has 188 valence electrons. The van der Waals surface area contributed by atoms with Crippen molar-refractivity contribution < 1.29 is 18.8 Å². The number of likely N-dealkylation sites (N-methyl/N-ethyl adjacent to an activating group) is 1.